The Morgan fingerprint density at radius 3 is 2.83 bits per heavy atom. The number of pyridine rings is 1. The van der Waals surface area contributed by atoms with Gasteiger partial charge in [0, 0.05) is 38.7 Å². The van der Waals surface area contributed by atoms with Gasteiger partial charge in [-0.1, -0.05) is 13.0 Å². The largest absolute Gasteiger partial charge is 0.469 e. The van der Waals surface area contributed by atoms with Crippen molar-refractivity contribution in [3.63, 3.8) is 0 Å². The maximum atomic E-state index is 12.2. The van der Waals surface area contributed by atoms with E-state index < -0.39 is 0 Å². The van der Waals surface area contributed by atoms with Gasteiger partial charge in [0.2, 0.25) is 0 Å². The summed E-state index contributed by atoms with van der Waals surface area (Å²) in [6, 6.07) is 7.46. The average Bonchev–Trinajstić information content (AvgIpc) is 3.11. The monoisotopic (exact) mass is 331 g/mol. The highest BCUT2D eigenvalue weighted by atomic mass is 16.3. The second kappa shape index (κ2) is 9.08. The molecule has 0 aliphatic rings. The highest BCUT2D eigenvalue weighted by molar-refractivity contribution is 5.73. The van der Waals surface area contributed by atoms with E-state index in [1.807, 2.05) is 30.5 Å². The lowest BCUT2D eigenvalue weighted by molar-refractivity contribution is 0.192. The predicted molar refractivity (Wildman–Crippen MR) is 91.5 cm³/mol. The molecule has 2 N–H and O–H groups in total. The molecule has 0 aliphatic heterocycles. The molecular weight excluding hydrogens is 306 g/mol. The van der Waals surface area contributed by atoms with Gasteiger partial charge in [0.25, 0.3) is 0 Å². The molecule has 2 rings (SSSR count). The predicted octanol–water partition coefficient (Wildman–Crippen LogP) is 2.23. The van der Waals surface area contributed by atoms with Crippen LogP contribution < -0.4 is 5.32 Å². The van der Waals surface area contributed by atoms with Gasteiger partial charge in [-0.15, -0.1) is 0 Å². The van der Waals surface area contributed by atoms with Crippen LogP contribution in [0.5, 0.6) is 0 Å². The molecule has 0 fully saturated rings. The molecule has 0 radical (unpaired) electrons. The number of aryl methyl sites for hydroxylation is 1. The van der Waals surface area contributed by atoms with Crippen molar-refractivity contribution < 1.29 is 14.3 Å². The Morgan fingerprint density at radius 1 is 1.42 bits per heavy atom. The number of amides is 2. The number of carbonyl (C=O) groups is 1. The minimum absolute atomic E-state index is 0.00920. The number of nitrogens with zero attached hydrogens (tertiary/aromatic N) is 2. The standard InChI is InChI=1S/C18H25N3O3/c1-3-14-6-7-16(19-10-14)12-21(2)18(23)20-11-15(13-22)9-17-5-4-8-24-17/h4-8,10,15,22H,3,9,11-13H2,1-2H3,(H,20,23)/t15-/m1/s1. The van der Waals surface area contributed by atoms with Crippen molar-refractivity contribution in [1.29, 1.82) is 0 Å². The zero-order valence-corrected chi connectivity index (χ0v) is 14.2. The molecule has 0 saturated carbocycles. The third kappa shape index (κ3) is 5.38. The molecule has 2 amide bonds. The van der Waals surface area contributed by atoms with Crippen LogP contribution in [0.25, 0.3) is 0 Å². The molecule has 130 valence electrons. The Morgan fingerprint density at radius 2 is 2.25 bits per heavy atom. The first-order valence-electron chi connectivity index (χ1n) is 8.18. The molecular formula is C18H25N3O3. The van der Waals surface area contributed by atoms with Crippen LogP contribution in [0.15, 0.2) is 41.1 Å². The summed E-state index contributed by atoms with van der Waals surface area (Å²) >= 11 is 0. The average molecular weight is 331 g/mol. The first-order chi connectivity index (χ1) is 11.6. The van der Waals surface area contributed by atoms with Crippen LogP contribution in [-0.4, -0.2) is 41.2 Å². The zero-order chi connectivity index (χ0) is 17.4. The van der Waals surface area contributed by atoms with Crippen LogP contribution in [-0.2, 0) is 19.4 Å². The van der Waals surface area contributed by atoms with Gasteiger partial charge < -0.3 is 19.7 Å². The molecule has 0 saturated heterocycles. The van der Waals surface area contributed by atoms with E-state index >= 15 is 0 Å². The van der Waals surface area contributed by atoms with Crippen molar-refractivity contribution in [1.82, 2.24) is 15.2 Å². The molecule has 0 aliphatic carbocycles. The summed E-state index contributed by atoms with van der Waals surface area (Å²) in [5.41, 5.74) is 2.02. The van der Waals surface area contributed by atoms with Crippen molar-refractivity contribution in [3.8, 4) is 0 Å². The minimum Gasteiger partial charge on any atom is -0.469 e. The third-order valence-electron chi connectivity index (χ3n) is 3.91. The smallest absolute Gasteiger partial charge is 0.317 e. The summed E-state index contributed by atoms with van der Waals surface area (Å²) < 4.78 is 5.28. The second-order valence-electron chi connectivity index (χ2n) is 5.89. The first-order valence-corrected chi connectivity index (χ1v) is 8.18. The molecule has 1 atom stereocenters. The number of nitrogens with one attached hydrogen (secondary N) is 1. The quantitative estimate of drug-likeness (QED) is 0.777. The topological polar surface area (TPSA) is 78.6 Å². The Hall–Kier alpha value is -2.34. The van der Waals surface area contributed by atoms with E-state index in [-0.39, 0.29) is 18.6 Å². The molecule has 6 heteroatoms. The van der Waals surface area contributed by atoms with Crippen LogP contribution in [0.2, 0.25) is 0 Å². The molecule has 2 aromatic rings. The number of aliphatic hydroxyl groups excluding tert-OH is 1. The van der Waals surface area contributed by atoms with Crippen LogP contribution in [0.3, 0.4) is 0 Å². The van der Waals surface area contributed by atoms with E-state index in [0.717, 1.165) is 17.9 Å². The summed E-state index contributed by atoms with van der Waals surface area (Å²) in [4.78, 5) is 18.1. The molecule has 0 spiro atoms. The Balaban J connectivity index is 1.79. The van der Waals surface area contributed by atoms with Crippen molar-refractivity contribution in [3.05, 3.63) is 53.7 Å². The molecule has 24 heavy (non-hydrogen) atoms. The van der Waals surface area contributed by atoms with Crippen LogP contribution in [0, 0.1) is 5.92 Å². The fourth-order valence-electron chi connectivity index (χ4n) is 2.35. The highest BCUT2D eigenvalue weighted by Crippen LogP contribution is 2.09. The van der Waals surface area contributed by atoms with E-state index in [2.05, 4.69) is 17.2 Å². The molecule has 6 nitrogen and oxygen atoms in total. The Kier molecular flexibility index (Phi) is 6.81. The SMILES string of the molecule is CCc1ccc(CN(C)C(=O)NC[C@H](CO)Cc2ccco2)nc1. The number of rotatable bonds is 8. The minimum atomic E-state index is -0.186. The number of furan rings is 1. The summed E-state index contributed by atoms with van der Waals surface area (Å²) in [5.74, 6) is 0.729. The van der Waals surface area contributed by atoms with Gasteiger partial charge >= 0.3 is 6.03 Å². The van der Waals surface area contributed by atoms with Crippen molar-refractivity contribution in [2.75, 3.05) is 20.2 Å². The van der Waals surface area contributed by atoms with Crippen LogP contribution in [0.4, 0.5) is 4.79 Å². The lowest BCUT2D eigenvalue weighted by atomic mass is 10.1. The normalized spacial score (nSPS) is 12.0. The second-order valence-corrected chi connectivity index (χ2v) is 5.89. The van der Waals surface area contributed by atoms with E-state index in [4.69, 9.17) is 4.42 Å². The fourth-order valence-corrected chi connectivity index (χ4v) is 2.35. The maximum absolute atomic E-state index is 12.2. The van der Waals surface area contributed by atoms with E-state index in [1.54, 1.807) is 18.2 Å². The van der Waals surface area contributed by atoms with Crippen molar-refractivity contribution in [2.45, 2.75) is 26.3 Å². The summed E-state index contributed by atoms with van der Waals surface area (Å²) in [6.07, 6.45) is 4.98. The Labute approximate surface area is 142 Å². The van der Waals surface area contributed by atoms with E-state index in [0.29, 0.717) is 19.5 Å². The van der Waals surface area contributed by atoms with Gasteiger partial charge in [-0.25, -0.2) is 4.79 Å². The molecule has 0 aromatic carbocycles. The lowest BCUT2D eigenvalue weighted by Crippen LogP contribution is -2.40. The maximum Gasteiger partial charge on any atom is 0.317 e. The molecule has 2 aromatic heterocycles. The van der Waals surface area contributed by atoms with Gasteiger partial charge in [0.1, 0.15) is 5.76 Å². The van der Waals surface area contributed by atoms with Gasteiger partial charge in [-0.3, -0.25) is 4.98 Å². The van der Waals surface area contributed by atoms with E-state index in [1.165, 1.54) is 5.56 Å². The molecule has 0 bridgehead atoms. The number of aliphatic hydroxyl groups is 1. The number of urea groups is 1. The van der Waals surface area contributed by atoms with Gasteiger partial charge in [0.15, 0.2) is 0 Å². The van der Waals surface area contributed by atoms with E-state index in [9.17, 15) is 9.90 Å². The first kappa shape index (κ1) is 18.0. The number of hydrogen-bond donors (Lipinski definition) is 2. The number of hydrogen-bond acceptors (Lipinski definition) is 4. The highest BCUT2D eigenvalue weighted by Gasteiger charge is 2.14. The summed E-state index contributed by atoms with van der Waals surface area (Å²) in [6.45, 7) is 2.90. The number of aromatic nitrogens is 1. The molecule has 2 heterocycles. The van der Waals surface area contributed by atoms with Crippen molar-refractivity contribution >= 4 is 6.03 Å². The Bertz CT molecular complexity index is 611. The fraction of sp³-hybridized carbons (Fsp3) is 0.444. The molecule has 0 unspecified atom stereocenters. The van der Waals surface area contributed by atoms with Crippen molar-refractivity contribution in [2.24, 2.45) is 5.92 Å². The summed E-state index contributed by atoms with van der Waals surface area (Å²) in [5, 5.41) is 12.3. The zero-order valence-electron chi connectivity index (χ0n) is 14.2. The summed E-state index contributed by atoms with van der Waals surface area (Å²) in [7, 11) is 1.73. The van der Waals surface area contributed by atoms with Crippen LogP contribution in [0.1, 0.15) is 23.9 Å². The van der Waals surface area contributed by atoms with Crippen LogP contribution >= 0.6 is 0 Å². The number of carbonyl (C=O) groups excluding carboxylic acids is 1. The van der Waals surface area contributed by atoms with Gasteiger partial charge in [0.05, 0.1) is 18.5 Å². The third-order valence-corrected chi connectivity index (χ3v) is 3.91. The van der Waals surface area contributed by atoms with Gasteiger partial charge in [-0.05, 0) is 30.2 Å². The van der Waals surface area contributed by atoms with Gasteiger partial charge in [-0.2, -0.15) is 0 Å². The lowest BCUT2D eigenvalue weighted by Gasteiger charge is -2.20.